The van der Waals surface area contributed by atoms with Crippen LogP contribution in [0.25, 0.3) is 0 Å². The number of hydroxylamine groups is 2. The number of aryl methyl sites for hydroxylation is 3. The van der Waals surface area contributed by atoms with Crippen molar-refractivity contribution in [1.82, 2.24) is 14.6 Å². The van der Waals surface area contributed by atoms with E-state index in [-0.39, 0.29) is 11.7 Å². The number of nitrogen functional groups attached to an aromatic ring is 1. The third kappa shape index (κ3) is 3.10. The number of carbonyl (C=O) groups is 1. The van der Waals surface area contributed by atoms with Crippen molar-refractivity contribution in [2.24, 2.45) is 0 Å². The van der Waals surface area contributed by atoms with Gasteiger partial charge in [0.15, 0.2) is 6.23 Å². The maximum atomic E-state index is 13.2. The number of anilines is 1. The van der Waals surface area contributed by atoms with Gasteiger partial charge in [-0.2, -0.15) is 4.98 Å². The van der Waals surface area contributed by atoms with Crippen LogP contribution in [0.5, 0.6) is 0 Å². The molecule has 7 nitrogen and oxygen atoms in total. The molecule has 0 spiro atoms. The molecule has 7 heteroatoms. The number of nitrogens with two attached hydrogens (primary N) is 1. The van der Waals surface area contributed by atoms with Gasteiger partial charge in [-0.15, -0.1) is 0 Å². The van der Waals surface area contributed by atoms with Crippen LogP contribution in [0.3, 0.4) is 0 Å². The Morgan fingerprint density at radius 1 is 1.27 bits per heavy atom. The fraction of sp³-hybridized carbons (Fsp3) is 0.421. The Morgan fingerprint density at radius 3 is 2.46 bits per heavy atom. The molecule has 26 heavy (non-hydrogen) atoms. The van der Waals surface area contributed by atoms with Gasteiger partial charge in [-0.3, -0.25) is 9.36 Å². The SMILES string of the molecule is Cc1cc(C)c(C(=O)N2OC(n3ccc(N)nc3=O)CC2(C)C)c(C)c1. The van der Waals surface area contributed by atoms with Crippen LogP contribution in [0.15, 0.2) is 29.2 Å². The first kappa shape index (κ1) is 18.1. The second-order valence-electron chi connectivity index (χ2n) is 7.49. The van der Waals surface area contributed by atoms with Crippen molar-refractivity contribution >= 4 is 11.7 Å². The molecule has 1 aliphatic rings. The molecule has 1 fully saturated rings. The smallest absolute Gasteiger partial charge is 0.351 e. The molecule has 138 valence electrons. The average Bonchev–Trinajstić information content (AvgIpc) is 2.81. The van der Waals surface area contributed by atoms with Crippen LogP contribution in [-0.4, -0.2) is 26.1 Å². The molecule has 2 aromatic rings. The standard InChI is InChI=1S/C19H24N4O3/c1-11-8-12(2)16(13(3)9-11)17(24)23-19(4,5)10-15(26-23)22-7-6-14(20)21-18(22)25/h6-9,15H,10H2,1-5H3,(H2,20,21,25). The summed E-state index contributed by atoms with van der Waals surface area (Å²) in [6.07, 6.45) is 1.40. The molecule has 0 saturated carbocycles. The number of aromatic nitrogens is 2. The van der Waals surface area contributed by atoms with E-state index in [0.29, 0.717) is 12.0 Å². The van der Waals surface area contributed by atoms with Gasteiger partial charge < -0.3 is 5.73 Å². The topological polar surface area (TPSA) is 90.4 Å². The van der Waals surface area contributed by atoms with Gasteiger partial charge in [0.05, 0.1) is 5.54 Å². The van der Waals surface area contributed by atoms with Crippen LogP contribution in [0.4, 0.5) is 5.82 Å². The zero-order valence-corrected chi connectivity index (χ0v) is 15.7. The quantitative estimate of drug-likeness (QED) is 0.893. The Morgan fingerprint density at radius 2 is 1.88 bits per heavy atom. The molecule has 1 aromatic carbocycles. The van der Waals surface area contributed by atoms with Crippen molar-refractivity contribution in [3.8, 4) is 0 Å². The average molecular weight is 356 g/mol. The van der Waals surface area contributed by atoms with Gasteiger partial charge in [0, 0.05) is 18.2 Å². The molecule has 0 aliphatic carbocycles. The molecule has 2 heterocycles. The largest absolute Gasteiger partial charge is 0.383 e. The maximum absolute atomic E-state index is 13.2. The van der Waals surface area contributed by atoms with Gasteiger partial charge in [-0.05, 0) is 51.8 Å². The zero-order valence-electron chi connectivity index (χ0n) is 15.7. The highest BCUT2D eigenvalue weighted by Gasteiger charge is 2.45. The first-order valence-electron chi connectivity index (χ1n) is 8.54. The lowest BCUT2D eigenvalue weighted by Gasteiger charge is -2.29. The van der Waals surface area contributed by atoms with Crippen molar-refractivity contribution < 1.29 is 9.63 Å². The molecule has 1 amide bonds. The fourth-order valence-electron chi connectivity index (χ4n) is 3.55. The van der Waals surface area contributed by atoms with E-state index in [1.165, 1.54) is 15.7 Å². The Balaban J connectivity index is 1.96. The lowest BCUT2D eigenvalue weighted by atomic mass is 9.96. The number of rotatable bonds is 2. The van der Waals surface area contributed by atoms with Crippen molar-refractivity contribution in [1.29, 1.82) is 0 Å². The lowest BCUT2D eigenvalue weighted by molar-refractivity contribution is -0.163. The zero-order chi connectivity index (χ0) is 19.2. The fourth-order valence-corrected chi connectivity index (χ4v) is 3.55. The molecule has 0 bridgehead atoms. The summed E-state index contributed by atoms with van der Waals surface area (Å²) in [6, 6.07) is 5.50. The first-order chi connectivity index (χ1) is 12.1. The Hall–Kier alpha value is -2.67. The van der Waals surface area contributed by atoms with Gasteiger partial charge in [0.2, 0.25) is 0 Å². The molecule has 1 atom stereocenters. The molecule has 3 rings (SSSR count). The van der Waals surface area contributed by atoms with Crippen LogP contribution < -0.4 is 11.4 Å². The molecule has 2 N–H and O–H groups in total. The number of hydrogen-bond donors (Lipinski definition) is 1. The number of hydrogen-bond acceptors (Lipinski definition) is 5. The van der Waals surface area contributed by atoms with Gasteiger partial charge in [-0.1, -0.05) is 17.7 Å². The summed E-state index contributed by atoms with van der Waals surface area (Å²) in [4.78, 5) is 35.0. The molecular weight excluding hydrogens is 332 g/mol. The Bertz CT molecular complexity index is 910. The summed E-state index contributed by atoms with van der Waals surface area (Å²) in [7, 11) is 0. The minimum atomic E-state index is -0.611. The van der Waals surface area contributed by atoms with E-state index in [1.54, 1.807) is 6.20 Å². The van der Waals surface area contributed by atoms with Crippen molar-refractivity contribution in [2.75, 3.05) is 5.73 Å². The summed E-state index contributed by atoms with van der Waals surface area (Å²) in [5.74, 6) is -0.0497. The van der Waals surface area contributed by atoms with Crippen LogP contribution in [0.2, 0.25) is 0 Å². The van der Waals surface area contributed by atoms with E-state index in [0.717, 1.165) is 16.7 Å². The van der Waals surface area contributed by atoms with E-state index < -0.39 is 17.5 Å². The number of carbonyl (C=O) groups excluding carboxylic acids is 1. The minimum Gasteiger partial charge on any atom is -0.383 e. The summed E-state index contributed by atoms with van der Waals surface area (Å²) < 4.78 is 1.36. The predicted octanol–water partition coefficient (Wildman–Crippen LogP) is 2.51. The number of benzene rings is 1. The third-order valence-electron chi connectivity index (χ3n) is 4.69. The Labute approximate surface area is 152 Å². The van der Waals surface area contributed by atoms with E-state index in [4.69, 9.17) is 10.6 Å². The second kappa shape index (κ2) is 6.25. The van der Waals surface area contributed by atoms with E-state index >= 15 is 0 Å². The molecule has 1 unspecified atom stereocenters. The third-order valence-corrected chi connectivity index (χ3v) is 4.69. The van der Waals surface area contributed by atoms with Gasteiger partial charge in [-0.25, -0.2) is 14.7 Å². The molecule has 1 saturated heterocycles. The molecular formula is C19H24N4O3. The summed E-state index contributed by atoms with van der Waals surface area (Å²) in [6.45, 7) is 9.67. The van der Waals surface area contributed by atoms with E-state index in [1.807, 2.05) is 46.8 Å². The lowest BCUT2D eigenvalue weighted by Crippen LogP contribution is -2.42. The normalized spacial score (nSPS) is 19.0. The van der Waals surface area contributed by atoms with E-state index in [9.17, 15) is 9.59 Å². The molecule has 0 radical (unpaired) electrons. The molecule has 1 aliphatic heterocycles. The number of amides is 1. The van der Waals surface area contributed by atoms with Crippen LogP contribution in [-0.2, 0) is 4.84 Å². The van der Waals surface area contributed by atoms with Crippen LogP contribution >= 0.6 is 0 Å². The summed E-state index contributed by atoms with van der Waals surface area (Å²) in [5, 5.41) is 1.38. The summed E-state index contributed by atoms with van der Waals surface area (Å²) >= 11 is 0. The van der Waals surface area contributed by atoms with Gasteiger partial charge in [0.25, 0.3) is 5.91 Å². The highest BCUT2D eigenvalue weighted by Crippen LogP contribution is 2.38. The number of nitrogens with zero attached hydrogens (tertiary/aromatic N) is 3. The van der Waals surface area contributed by atoms with Crippen LogP contribution in [0, 0.1) is 20.8 Å². The van der Waals surface area contributed by atoms with Crippen molar-refractivity contribution in [3.05, 3.63) is 57.1 Å². The van der Waals surface area contributed by atoms with Crippen molar-refractivity contribution in [2.45, 2.75) is 52.8 Å². The second-order valence-corrected chi connectivity index (χ2v) is 7.49. The monoisotopic (exact) mass is 356 g/mol. The maximum Gasteiger partial charge on any atom is 0.351 e. The minimum absolute atomic E-state index is 0.155. The Kier molecular flexibility index (Phi) is 4.36. The van der Waals surface area contributed by atoms with Crippen molar-refractivity contribution in [3.63, 3.8) is 0 Å². The van der Waals surface area contributed by atoms with E-state index in [2.05, 4.69) is 4.98 Å². The summed E-state index contributed by atoms with van der Waals surface area (Å²) in [5.41, 5.74) is 8.02. The highest BCUT2D eigenvalue weighted by molar-refractivity contribution is 5.97. The predicted molar refractivity (Wildman–Crippen MR) is 98.5 cm³/mol. The van der Waals surface area contributed by atoms with Gasteiger partial charge >= 0.3 is 5.69 Å². The first-order valence-corrected chi connectivity index (χ1v) is 8.54. The molecule has 1 aromatic heterocycles. The van der Waals surface area contributed by atoms with Crippen LogP contribution in [0.1, 0.15) is 53.5 Å². The van der Waals surface area contributed by atoms with Gasteiger partial charge in [0.1, 0.15) is 5.82 Å². The highest BCUT2D eigenvalue weighted by atomic mass is 16.7.